The van der Waals surface area contributed by atoms with Crippen LogP contribution in [0.1, 0.15) is 0 Å². The largest absolute Gasteiger partial charge is 0.395 e. The van der Waals surface area contributed by atoms with E-state index < -0.39 is 30.4 Å². The molecular weight excluding hydrogens is 660 g/mol. The Morgan fingerprint density at radius 1 is 0.333 bits per heavy atom. The molecule has 21 heteroatoms. The lowest BCUT2D eigenvalue weighted by atomic mass is 10.3. The third-order valence-electron chi connectivity index (χ3n) is 7.64. The number of hydrogen-bond acceptors (Lipinski definition) is 15. The van der Waals surface area contributed by atoms with E-state index in [9.17, 15) is 25.3 Å². The molecule has 18 nitrogen and oxygen atoms in total. The SMILES string of the molecule is O=S(=O)(O)CCN1CCN(CCO)CC1.O=S(=O)(O)CCN1CCN(CCO)CC1.O=S(=O)(O)CCN1CCN(CCO)CC1. The molecule has 0 saturated carbocycles. The molecular formula is C24H54N6O12S3. The minimum absolute atomic E-state index is 0.158. The molecule has 3 aliphatic rings. The molecule has 0 spiro atoms. The van der Waals surface area contributed by atoms with E-state index in [1.165, 1.54) is 0 Å². The van der Waals surface area contributed by atoms with E-state index in [2.05, 4.69) is 14.7 Å². The van der Waals surface area contributed by atoms with Gasteiger partial charge in [0.15, 0.2) is 0 Å². The Labute approximate surface area is 268 Å². The Hall–Kier alpha value is -0.630. The van der Waals surface area contributed by atoms with Crippen LogP contribution in [0.4, 0.5) is 0 Å². The highest BCUT2D eigenvalue weighted by molar-refractivity contribution is 7.86. The van der Waals surface area contributed by atoms with Crippen molar-refractivity contribution in [2.75, 3.05) is 155 Å². The third-order valence-corrected chi connectivity index (χ3v) is 9.74. The first kappa shape index (κ1) is 42.4. The smallest absolute Gasteiger partial charge is 0.266 e. The van der Waals surface area contributed by atoms with Crippen molar-refractivity contribution in [1.29, 1.82) is 0 Å². The minimum atomic E-state index is -3.84. The molecule has 0 unspecified atom stereocenters. The topological polar surface area (TPSA) is 243 Å². The monoisotopic (exact) mass is 714 g/mol. The predicted molar refractivity (Wildman–Crippen MR) is 169 cm³/mol. The van der Waals surface area contributed by atoms with Crippen molar-refractivity contribution in [3.8, 4) is 0 Å². The maximum atomic E-state index is 10.5. The summed E-state index contributed by atoms with van der Waals surface area (Å²) in [7, 11) is -11.5. The summed E-state index contributed by atoms with van der Waals surface area (Å²) in [6.45, 7) is 13.4. The average Bonchev–Trinajstić information content (AvgIpc) is 2.96. The Kier molecular flexibility index (Phi) is 20.8. The number of aliphatic hydroxyl groups excluding tert-OH is 3. The fraction of sp³-hybridized carbons (Fsp3) is 1.00. The summed E-state index contributed by atoms with van der Waals surface area (Å²) in [5.41, 5.74) is 0. The molecule has 0 aromatic carbocycles. The van der Waals surface area contributed by atoms with Gasteiger partial charge in [-0.25, -0.2) is 0 Å². The van der Waals surface area contributed by atoms with Crippen molar-refractivity contribution in [2.24, 2.45) is 0 Å². The van der Waals surface area contributed by atoms with E-state index in [4.69, 9.17) is 29.0 Å². The molecule has 3 aliphatic heterocycles. The molecule has 0 atom stereocenters. The fourth-order valence-corrected chi connectivity index (χ4v) is 6.33. The molecule has 0 radical (unpaired) electrons. The van der Waals surface area contributed by atoms with Gasteiger partial charge in [0.05, 0.1) is 37.1 Å². The number of rotatable bonds is 15. The molecule has 3 rings (SSSR count). The van der Waals surface area contributed by atoms with Gasteiger partial charge in [-0.3, -0.25) is 43.1 Å². The van der Waals surface area contributed by atoms with Gasteiger partial charge in [-0.15, -0.1) is 0 Å². The minimum Gasteiger partial charge on any atom is -0.395 e. The molecule has 0 amide bonds. The third kappa shape index (κ3) is 23.4. The van der Waals surface area contributed by atoms with E-state index in [0.29, 0.717) is 39.3 Å². The molecule has 3 fully saturated rings. The summed E-state index contributed by atoms with van der Waals surface area (Å²) in [5, 5.41) is 26.2. The number of nitrogens with zero attached hydrogens (tertiary/aromatic N) is 6. The standard InChI is InChI=1S/3C8H18N2O4S/c3*11-7-5-9-1-3-10(4-2-9)6-8-15(12,13)14/h3*11H,1-8H2,(H,12,13,14). The zero-order valence-corrected chi connectivity index (χ0v) is 28.5. The van der Waals surface area contributed by atoms with E-state index in [1.54, 1.807) is 0 Å². The van der Waals surface area contributed by atoms with Crippen LogP contribution in [0.5, 0.6) is 0 Å². The Morgan fingerprint density at radius 2 is 0.489 bits per heavy atom. The highest BCUT2D eigenvalue weighted by Crippen LogP contribution is 2.03. The molecule has 0 aromatic heterocycles. The summed E-state index contributed by atoms with van der Waals surface area (Å²) in [4.78, 5) is 12.4. The van der Waals surface area contributed by atoms with E-state index >= 15 is 0 Å². The number of hydrogen-bond donors (Lipinski definition) is 6. The maximum Gasteiger partial charge on any atom is 0.266 e. The molecule has 0 bridgehead atoms. The van der Waals surface area contributed by atoms with Gasteiger partial charge in [0, 0.05) is 118 Å². The normalized spacial score (nSPS) is 20.7. The Balaban J connectivity index is 0.000000337. The van der Waals surface area contributed by atoms with Crippen molar-refractivity contribution in [3.63, 3.8) is 0 Å². The lowest BCUT2D eigenvalue weighted by molar-refractivity contribution is 0.116. The van der Waals surface area contributed by atoms with Gasteiger partial charge in [-0.05, 0) is 0 Å². The molecule has 3 saturated heterocycles. The summed E-state index contributed by atoms with van der Waals surface area (Å²) in [6.07, 6.45) is 0. The molecule has 0 aromatic rings. The van der Waals surface area contributed by atoms with E-state index in [1.807, 2.05) is 14.7 Å². The van der Waals surface area contributed by atoms with Crippen LogP contribution in [0.2, 0.25) is 0 Å². The van der Waals surface area contributed by atoms with Gasteiger partial charge < -0.3 is 15.3 Å². The van der Waals surface area contributed by atoms with Crippen LogP contribution in [0.15, 0.2) is 0 Å². The van der Waals surface area contributed by atoms with Gasteiger partial charge in [0.2, 0.25) is 0 Å². The Morgan fingerprint density at radius 3 is 0.622 bits per heavy atom. The van der Waals surface area contributed by atoms with Crippen molar-refractivity contribution in [3.05, 3.63) is 0 Å². The molecule has 3 heterocycles. The molecule has 6 N–H and O–H groups in total. The summed E-state index contributed by atoms with van der Waals surface area (Å²) in [6, 6.07) is 0. The first-order chi connectivity index (χ1) is 21.0. The first-order valence-corrected chi connectivity index (χ1v) is 19.9. The van der Waals surface area contributed by atoms with Crippen LogP contribution in [0.25, 0.3) is 0 Å². The summed E-state index contributed by atoms with van der Waals surface area (Å²) < 4.78 is 88.9. The zero-order valence-electron chi connectivity index (χ0n) is 26.0. The second-order valence-corrected chi connectivity index (χ2v) is 15.8. The zero-order chi connectivity index (χ0) is 33.9. The van der Waals surface area contributed by atoms with Gasteiger partial charge in [-0.2, -0.15) is 25.3 Å². The predicted octanol–water partition coefficient (Wildman–Crippen LogP) is -4.55. The van der Waals surface area contributed by atoms with Crippen molar-refractivity contribution in [2.45, 2.75) is 0 Å². The average molecular weight is 715 g/mol. The lowest BCUT2D eigenvalue weighted by Crippen LogP contribution is -2.48. The van der Waals surface area contributed by atoms with Crippen LogP contribution >= 0.6 is 0 Å². The van der Waals surface area contributed by atoms with Crippen molar-refractivity contribution in [1.82, 2.24) is 29.4 Å². The van der Waals surface area contributed by atoms with Gasteiger partial charge >= 0.3 is 0 Å². The van der Waals surface area contributed by atoms with Crippen LogP contribution < -0.4 is 0 Å². The van der Waals surface area contributed by atoms with Crippen LogP contribution in [-0.4, -0.2) is 239 Å². The molecule has 270 valence electrons. The quantitative estimate of drug-likeness (QED) is 0.0875. The Bertz CT molecular complexity index is 955. The van der Waals surface area contributed by atoms with Crippen LogP contribution in [-0.2, 0) is 30.4 Å². The van der Waals surface area contributed by atoms with Gasteiger partial charge in [0.1, 0.15) is 0 Å². The van der Waals surface area contributed by atoms with Crippen LogP contribution in [0.3, 0.4) is 0 Å². The highest BCUT2D eigenvalue weighted by atomic mass is 32.2. The fourth-order valence-electron chi connectivity index (χ4n) is 4.87. The summed E-state index contributed by atoms with van der Waals surface area (Å²) >= 11 is 0. The van der Waals surface area contributed by atoms with Gasteiger partial charge in [0.25, 0.3) is 30.4 Å². The molecule has 45 heavy (non-hydrogen) atoms. The maximum absolute atomic E-state index is 10.5. The van der Waals surface area contributed by atoms with Crippen molar-refractivity contribution < 1.29 is 54.2 Å². The second kappa shape index (κ2) is 22.1. The lowest BCUT2D eigenvalue weighted by Gasteiger charge is -2.33. The first-order valence-electron chi connectivity index (χ1n) is 15.1. The number of aliphatic hydroxyl groups is 3. The second-order valence-electron chi connectivity index (χ2n) is 11.1. The number of β-amino-alcohol motifs (C(OH)–C–C–N with tert-alkyl or cyclic N) is 3. The van der Waals surface area contributed by atoms with Crippen LogP contribution in [0, 0.1) is 0 Å². The highest BCUT2D eigenvalue weighted by Gasteiger charge is 2.20. The van der Waals surface area contributed by atoms with E-state index in [-0.39, 0.29) is 37.1 Å². The summed E-state index contributed by atoms with van der Waals surface area (Å²) in [5.74, 6) is -0.604. The number of piperazine rings is 3. The van der Waals surface area contributed by atoms with E-state index in [0.717, 1.165) is 78.5 Å². The van der Waals surface area contributed by atoms with Crippen molar-refractivity contribution >= 4 is 30.4 Å². The van der Waals surface area contributed by atoms with Gasteiger partial charge in [-0.1, -0.05) is 0 Å². The molecule has 0 aliphatic carbocycles.